The van der Waals surface area contributed by atoms with E-state index in [1.54, 1.807) is 0 Å². The van der Waals surface area contributed by atoms with Gasteiger partial charge in [0.2, 0.25) is 0 Å². The van der Waals surface area contributed by atoms with Gasteiger partial charge in [0.1, 0.15) is 5.75 Å². The van der Waals surface area contributed by atoms with Crippen LogP contribution in [-0.4, -0.2) is 6.61 Å². The van der Waals surface area contributed by atoms with Crippen molar-refractivity contribution in [3.05, 3.63) is 51.2 Å². The molecule has 1 aromatic heterocycles. The third kappa shape index (κ3) is 1.99. The first kappa shape index (κ1) is 12.2. The maximum atomic E-state index is 5.77. The molecule has 18 heavy (non-hydrogen) atoms. The molecule has 0 saturated carbocycles. The average molecular weight is 323 g/mol. The van der Waals surface area contributed by atoms with Gasteiger partial charge in [-0.25, -0.2) is 0 Å². The summed E-state index contributed by atoms with van der Waals surface area (Å²) in [7, 11) is 0. The number of ether oxygens (including phenoxy) is 1. The van der Waals surface area contributed by atoms with Gasteiger partial charge in [-0.2, -0.15) is 0 Å². The van der Waals surface area contributed by atoms with Gasteiger partial charge in [-0.3, -0.25) is 0 Å². The highest BCUT2D eigenvalue weighted by Crippen LogP contribution is 2.47. The van der Waals surface area contributed by atoms with E-state index in [1.807, 2.05) is 17.4 Å². The molecular weight excluding hydrogens is 308 g/mol. The van der Waals surface area contributed by atoms with Gasteiger partial charge in [0, 0.05) is 21.2 Å². The first-order chi connectivity index (χ1) is 8.66. The Morgan fingerprint density at radius 2 is 2.11 bits per heavy atom. The minimum atomic E-state index is 0.339. The highest BCUT2D eigenvalue weighted by atomic mass is 79.9. The molecule has 0 aliphatic carbocycles. The molecule has 3 heteroatoms. The molecule has 0 radical (unpaired) electrons. The lowest BCUT2D eigenvalue weighted by Gasteiger charge is -2.16. The van der Waals surface area contributed by atoms with Gasteiger partial charge in [-0.05, 0) is 31.5 Å². The van der Waals surface area contributed by atoms with Crippen molar-refractivity contribution in [2.45, 2.75) is 24.6 Å². The van der Waals surface area contributed by atoms with Gasteiger partial charge in [-0.1, -0.05) is 34.1 Å². The standard InChI is InChI=1S/C15H15BrOS/c1-9-7-12(10(2)18-9)15(16)13-8-17-14-6-4-3-5-11(13)14/h3-7,13,15H,8H2,1-2H3. The van der Waals surface area contributed by atoms with Crippen LogP contribution in [0.15, 0.2) is 30.3 Å². The Hall–Kier alpha value is -0.800. The topological polar surface area (TPSA) is 9.23 Å². The number of halogens is 1. The van der Waals surface area contributed by atoms with Gasteiger partial charge < -0.3 is 4.74 Å². The van der Waals surface area contributed by atoms with Gasteiger partial charge in [0.15, 0.2) is 0 Å². The van der Waals surface area contributed by atoms with E-state index in [1.165, 1.54) is 20.9 Å². The molecule has 3 rings (SSSR count). The Balaban J connectivity index is 1.95. The van der Waals surface area contributed by atoms with Crippen LogP contribution >= 0.6 is 27.3 Å². The van der Waals surface area contributed by atoms with Crippen LogP contribution in [0.25, 0.3) is 0 Å². The number of hydrogen-bond acceptors (Lipinski definition) is 2. The number of fused-ring (bicyclic) bond motifs is 1. The summed E-state index contributed by atoms with van der Waals surface area (Å²) >= 11 is 5.74. The van der Waals surface area contributed by atoms with Crippen LogP contribution < -0.4 is 4.74 Å². The predicted octanol–water partition coefficient (Wildman–Crippen LogP) is 4.98. The summed E-state index contributed by atoms with van der Waals surface area (Å²) in [6, 6.07) is 10.6. The first-order valence-corrected chi connectivity index (χ1v) is 7.83. The monoisotopic (exact) mass is 322 g/mol. The van der Waals surface area contributed by atoms with Crippen LogP contribution in [0.3, 0.4) is 0 Å². The van der Waals surface area contributed by atoms with Crippen molar-refractivity contribution in [1.82, 2.24) is 0 Å². The molecule has 0 N–H and O–H groups in total. The van der Waals surface area contributed by atoms with Crippen molar-refractivity contribution in [1.29, 1.82) is 0 Å². The normalized spacial score (nSPS) is 19.4. The van der Waals surface area contributed by atoms with Gasteiger partial charge in [0.25, 0.3) is 0 Å². The fraction of sp³-hybridized carbons (Fsp3) is 0.333. The molecule has 1 aliphatic rings. The Morgan fingerprint density at radius 1 is 1.33 bits per heavy atom. The Labute approximate surface area is 120 Å². The lowest BCUT2D eigenvalue weighted by atomic mass is 9.94. The van der Waals surface area contributed by atoms with Crippen LogP contribution in [0.2, 0.25) is 0 Å². The van der Waals surface area contributed by atoms with Crippen molar-refractivity contribution >= 4 is 27.3 Å². The lowest BCUT2D eigenvalue weighted by molar-refractivity contribution is 0.329. The zero-order chi connectivity index (χ0) is 12.7. The lowest BCUT2D eigenvalue weighted by Crippen LogP contribution is -2.07. The average Bonchev–Trinajstić information content (AvgIpc) is 2.92. The molecule has 0 bridgehead atoms. The van der Waals surface area contributed by atoms with Crippen molar-refractivity contribution < 1.29 is 4.74 Å². The second-order valence-corrected chi connectivity index (χ2v) is 7.17. The summed E-state index contributed by atoms with van der Waals surface area (Å²) in [5.74, 6) is 1.45. The molecule has 0 saturated heterocycles. The van der Waals surface area contributed by atoms with Crippen LogP contribution in [0.4, 0.5) is 0 Å². The minimum Gasteiger partial charge on any atom is -0.493 e. The number of aryl methyl sites for hydroxylation is 2. The van der Waals surface area contributed by atoms with E-state index in [2.05, 4.69) is 54.0 Å². The molecule has 2 atom stereocenters. The minimum absolute atomic E-state index is 0.339. The van der Waals surface area contributed by atoms with E-state index < -0.39 is 0 Å². The van der Waals surface area contributed by atoms with Crippen molar-refractivity contribution in [2.24, 2.45) is 0 Å². The Kier molecular flexibility index (Phi) is 3.20. The molecule has 2 heterocycles. The summed E-state index contributed by atoms with van der Waals surface area (Å²) in [4.78, 5) is 3.11. The largest absolute Gasteiger partial charge is 0.493 e. The predicted molar refractivity (Wildman–Crippen MR) is 80.1 cm³/mol. The second kappa shape index (κ2) is 4.71. The quantitative estimate of drug-likeness (QED) is 0.709. The van der Waals surface area contributed by atoms with Crippen LogP contribution in [-0.2, 0) is 0 Å². The number of hydrogen-bond donors (Lipinski definition) is 0. The van der Waals surface area contributed by atoms with Crippen LogP contribution in [0.1, 0.15) is 31.6 Å². The van der Waals surface area contributed by atoms with Gasteiger partial charge in [0.05, 0.1) is 11.4 Å². The summed E-state index contributed by atoms with van der Waals surface area (Å²) in [5.41, 5.74) is 2.73. The zero-order valence-electron chi connectivity index (χ0n) is 10.4. The molecular formula is C15H15BrOS. The Bertz CT molecular complexity index is 576. The van der Waals surface area contributed by atoms with E-state index in [4.69, 9.17) is 4.74 Å². The van der Waals surface area contributed by atoms with E-state index in [0.29, 0.717) is 10.7 Å². The third-order valence-electron chi connectivity index (χ3n) is 3.47. The summed E-state index contributed by atoms with van der Waals surface area (Å²) < 4.78 is 5.77. The molecule has 1 aromatic carbocycles. The number of para-hydroxylation sites is 1. The summed E-state index contributed by atoms with van der Waals surface area (Å²) in [6.45, 7) is 5.13. The number of thiophene rings is 1. The van der Waals surface area contributed by atoms with Crippen LogP contribution in [0, 0.1) is 13.8 Å². The zero-order valence-corrected chi connectivity index (χ0v) is 12.8. The second-order valence-electron chi connectivity index (χ2n) is 4.73. The SMILES string of the molecule is Cc1cc(C(Br)C2COc3ccccc32)c(C)s1. The molecule has 0 spiro atoms. The molecule has 0 fully saturated rings. The molecule has 0 amide bonds. The molecule has 1 nitrogen and oxygen atoms in total. The number of rotatable bonds is 2. The molecule has 94 valence electrons. The van der Waals surface area contributed by atoms with E-state index >= 15 is 0 Å². The van der Waals surface area contributed by atoms with Gasteiger partial charge >= 0.3 is 0 Å². The van der Waals surface area contributed by atoms with E-state index in [9.17, 15) is 0 Å². The fourth-order valence-corrected chi connectivity index (χ4v) is 4.61. The maximum absolute atomic E-state index is 5.77. The maximum Gasteiger partial charge on any atom is 0.122 e. The number of benzene rings is 1. The van der Waals surface area contributed by atoms with Gasteiger partial charge in [-0.15, -0.1) is 11.3 Å². The summed E-state index contributed by atoms with van der Waals surface area (Å²) in [5, 5.41) is 0. The first-order valence-electron chi connectivity index (χ1n) is 6.09. The van der Waals surface area contributed by atoms with Crippen molar-refractivity contribution in [3.8, 4) is 5.75 Å². The van der Waals surface area contributed by atoms with Crippen molar-refractivity contribution in [3.63, 3.8) is 0 Å². The molecule has 1 aliphatic heterocycles. The van der Waals surface area contributed by atoms with Crippen LogP contribution in [0.5, 0.6) is 5.75 Å². The number of alkyl halides is 1. The van der Waals surface area contributed by atoms with E-state index in [0.717, 1.165) is 12.4 Å². The summed E-state index contributed by atoms with van der Waals surface area (Å²) in [6.07, 6.45) is 0. The van der Waals surface area contributed by atoms with E-state index in [-0.39, 0.29) is 0 Å². The smallest absolute Gasteiger partial charge is 0.122 e. The highest BCUT2D eigenvalue weighted by Gasteiger charge is 2.31. The fourth-order valence-electron chi connectivity index (χ4n) is 2.57. The molecule has 2 aromatic rings. The molecule has 2 unspecified atom stereocenters. The highest BCUT2D eigenvalue weighted by molar-refractivity contribution is 9.09. The van der Waals surface area contributed by atoms with Crippen molar-refractivity contribution in [2.75, 3.05) is 6.61 Å². The third-order valence-corrected chi connectivity index (χ3v) is 5.58. The Morgan fingerprint density at radius 3 is 2.83 bits per heavy atom.